The van der Waals surface area contributed by atoms with Crippen LogP contribution in [0.5, 0.6) is 5.88 Å². The van der Waals surface area contributed by atoms with Gasteiger partial charge in [-0.15, -0.1) is 0 Å². The second kappa shape index (κ2) is 13.8. The fourth-order valence-electron chi connectivity index (χ4n) is 6.41. The molecule has 6 rings (SSSR count). The van der Waals surface area contributed by atoms with E-state index in [-0.39, 0.29) is 18.6 Å². The molecule has 3 heterocycles. The first-order valence-electron chi connectivity index (χ1n) is 15.6. The van der Waals surface area contributed by atoms with E-state index in [0.29, 0.717) is 87.9 Å². The van der Waals surface area contributed by atoms with Crippen molar-refractivity contribution in [2.75, 3.05) is 32.1 Å². The number of aromatic nitrogens is 3. The zero-order valence-corrected chi connectivity index (χ0v) is 28.1. The van der Waals surface area contributed by atoms with Crippen LogP contribution in [0.4, 0.5) is 5.69 Å². The first-order chi connectivity index (χ1) is 22.6. The lowest BCUT2D eigenvalue weighted by molar-refractivity contribution is -0.0394. The molecule has 1 fully saturated rings. The number of aliphatic hydroxyl groups is 2. The van der Waals surface area contributed by atoms with E-state index in [4.69, 9.17) is 32.9 Å². The average Bonchev–Trinajstić information content (AvgIpc) is 3.04. The highest BCUT2D eigenvalue weighted by atomic mass is 35.5. The third-order valence-electron chi connectivity index (χ3n) is 8.88. The van der Waals surface area contributed by atoms with Crippen molar-refractivity contribution in [3.63, 3.8) is 0 Å². The van der Waals surface area contributed by atoms with Crippen LogP contribution in [0.2, 0.25) is 10.0 Å². The molecule has 0 unspecified atom stereocenters. The highest BCUT2D eigenvalue weighted by Crippen LogP contribution is 2.41. The summed E-state index contributed by atoms with van der Waals surface area (Å²) >= 11 is 13.9. The summed E-state index contributed by atoms with van der Waals surface area (Å²) in [7, 11) is 1.55. The Morgan fingerprint density at radius 1 is 1.11 bits per heavy atom. The minimum absolute atomic E-state index is 0.0779. The number of aliphatic hydroxyl groups excluding tert-OH is 1. The van der Waals surface area contributed by atoms with Crippen LogP contribution in [0, 0.1) is 6.92 Å². The number of nitrogens with zero attached hydrogens (tertiary/aromatic N) is 4. The predicted molar refractivity (Wildman–Crippen MR) is 183 cm³/mol. The molecule has 1 amide bonds. The van der Waals surface area contributed by atoms with E-state index in [0.717, 1.165) is 29.8 Å². The van der Waals surface area contributed by atoms with Crippen molar-refractivity contribution in [1.29, 1.82) is 0 Å². The number of amides is 1. The number of aryl methyl sites for hydroxylation is 1. The molecule has 47 heavy (non-hydrogen) atoms. The summed E-state index contributed by atoms with van der Waals surface area (Å²) in [6.07, 6.45) is 3.86. The number of carbonyl (C=O) groups excluding carboxylic acids is 1. The van der Waals surface area contributed by atoms with Crippen molar-refractivity contribution in [3.05, 3.63) is 86.9 Å². The quantitative estimate of drug-likeness (QED) is 0.173. The van der Waals surface area contributed by atoms with Gasteiger partial charge in [0.1, 0.15) is 11.4 Å². The third kappa shape index (κ3) is 7.13. The van der Waals surface area contributed by atoms with Gasteiger partial charge < -0.3 is 25.6 Å². The number of rotatable bonds is 10. The maximum atomic E-state index is 13.4. The molecular formula is C35H38Cl2N6O4. The van der Waals surface area contributed by atoms with E-state index in [9.17, 15) is 15.0 Å². The Bertz CT molecular complexity index is 1810. The summed E-state index contributed by atoms with van der Waals surface area (Å²) in [4.78, 5) is 29.6. The summed E-state index contributed by atoms with van der Waals surface area (Å²) < 4.78 is 5.56. The van der Waals surface area contributed by atoms with Gasteiger partial charge in [-0.3, -0.25) is 14.7 Å². The molecule has 0 spiro atoms. The number of benzene rings is 2. The molecule has 2 aliphatic rings. The van der Waals surface area contributed by atoms with Crippen molar-refractivity contribution in [3.8, 4) is 28.3 Å². The lowest BCUT2D eigenvalue weighted by Gasteiger charge is -2.41. The number of pyridine rings is 1. The molecule has 2 aromatic heterocycles. The molecule has 12 heteroatoms. The van der Waals surface area contributed by atoms with Crippen LogP contribution in [0.1, 0.15) is 52.8 Å². The van der Waals surface area contributed by atoms with Crippen LogP contribution in [0.3, 0.4) is 0 Å². The molecule has 4 aromatic rings. The van der Waals surface area contributed by atoms with Gasteiger partial charge in [-0.05, 0) is 56.4 Å². The molecular weight excluding hydrogens is 639 g/mol. The monoisotopic (exact) mass is 676 g/mol. The van der Waals surface area contributed by atoms with E-state index < -0.39 is 5.60 Å². The number of hydrogen-bond donors (Lipinski definition) is 4. The Morgan fingerprint density at radius 3 is 2.55 bits per heavy atom. The van der Waals surface area contributed by atoms with Crippen LogP contribution in [-0.2, 0) is 19.5 Å². The number of ether oxygens (including phenoxy) is 1. The van der Waals surface area contributed by atoms with Crippen molar-refractivity contribution in [2.45, 2.75) is 57.8 Å². The molecule has 2 aromatic carbocycles. The lowest BCUT2D eigenvalue weighted by atomic mass is 9.77. The number of carbonyl (C=O) groups is 1. The van der Waals surface area contributed by atoms with Crippen LogP contribution in [0.25, 0.3) is 22.4 Å². The number of halogens is 2. The van der Waals surface area contributed by atoms with Crippen LogP contribution in [-0.4, -0.2) is 74.4 Å². The van der Waals surface area contributed by atoms with Crippen LogP contribution < -0.4 is 15.4 Å². The summed E-state index contributed by atoms with van der Waals surface area (Å²) in [6, 6.07) is 13.0. The van der Waals surface area contributed by atoms with Crippen molar-refractivity contribution in [1.82, 2.24) is 25.2 Å². The fourth-order valence-corrected chi connectivity index (χ4v) is 7.01. The van der Waals surface area contributed by atoms with Gasteiger partial charge in [0.25, 0.3) is 5.91 Å². The maximum Gasteiger partial charge on any atom is 0.274 e. The van der Waals surface area contributed by atoms with E-state index in [1.807, 2.05) is 50.2 Å². The lowest BCUT2D eigenvalue weighted by Crippen LogP contribution is -2.51. The molecule has 0 bridgehead atoms. The van der Waals surface area contributed by atoms with Gasteiger partial charge in [0.05, 0.1) is 52.6 Å². The fraction of sp³-hybridized carbons (Fsp3) is 0.371. The van der Waals surface area contributed by atoms with Crippen molar-refractivity contribution in [2.24, 2.45) is 0 Å². The average molecular weight is 678 g/mol. The topological polar surface area (TPSA) is 133 Å². The zero-order chi connectivity index (χ0) is 33.3. The second-order valence-electron chi connectivity index (χ2n) is 12.5. The summed E-state index contributed by atoms with van der Waals surface area (Å²) in [5.41, 5.74) is 6.31. The number of anilines is 1. The standard InChI is InChI=1S/C35H38Cl2N6O4/c1-20-14-27(40-30-19-43(12-13-44)11-10-22(20)30)33(45)41-26-9-5-7-24(32(26)37)23-6-4-8-25(31(23)36)28-17-39-29(34(42-28)47-3)18-38-21-15-35(2,46)16-21/h4-9,14,17,21,38,44,46H,10-13,15-16,18-19H2,1-3H3,(H,41,45). The molecule has 246 valence electrons. The smallest absolute Gasteiger partial charge is 0.274 e. The van der Waals surface area contributed by atoms with Crippen LogP contribution in [0.15, 0.2) is 48.7 Å². The van der Waals surface area contributed by atoms with Gasteiger partial charge in [-0.25, -0.2) is 9.97 Å². The molecule has 1 aliphatic heterocycles. The van der Waals surface area contributed by atoms with Gasteiger partial charge in [0.2, 0.25) is 5.88 Å². The second-order valence-corrected chi connectivity index (χ2v) is 13.2. The Balaban J connectivity index is 1.22. The van der Waals surface area contributed by atoms with Gasteiger partial charge >= 0.3 is 0 Å². The number of hydrogen-bond acceptors (Lipinski definition) is 9. The van der Waals surface area contributed by atoms with Crippen molar-refractivity contribution < 1.29 is 19.7 Å². The normalized spacial score (nSPS) is 19.2. The molecule has 0 radical (unpaired) electrons. The molecule has 0 saturated heterocycles. The Kier molecular flexibility index (Phi) is 9.80. The van der Waals surface area contributed by atoms with Gasteiger partial charge in [-0.2, -0.15) is 0 Å². The molecule has 0 atom stereocenters. The summed E-state index contributed by atoms with van der Waals surface area (Å²) in [5, 5.41) is 26.5. The maximum absolute atomic E-state index is 13.4. The Labute approximate surface area is 284 Å². The van der Waals surface area contributed by atoms with Crippen molar-refractivity contribution >= 4 is 34.8 Å². The predicted octanol–water partition coefficient (Wildman–Crippen LogP) is 5.44. The summed E-state index contributed by atoms with van der Waals surface area (Å²) in [5.74, 6) is 0.0196. The largest absolute Gasteiger partial charge is 0.480 e. The molecule has 1 aliphatic carbocycles. The highest BCUT2D eigenvalue weighted by Gasteiger charge is 2.38. The molecule has 4 N–H and O–H groups in total. The zero-order valence-electron chi connectivity index (χ0n) is 26.6. The molecule has 10 nitrogen and oxygen atoms in total. The Morgan fingerprint density at radius 2 is 1.83 bits per heavy atom. The van der Waals surface area contributed by atoms with Crippen LogP contribution >= 0.6 is 23.2 Å². The van der Waals surface area contributed by atoms with E-state index in [1.54, 1.807) is 19.4 Å². The Hall–Kier alpha value is -3.64. The summed E-state index contributed by atoms with van der Waals surface area (Å²) in [6.45, 7) is 6.37. The van der Waals surface area contributed by atoms with E-state index >= 15 is 0 Å². The first-order valence-corrected chi connectivity index (χ1v) is 16.4. The minimum Gasteiger partial charge on any atom is -0.480 e. The third-order valence-corrected chi connectivity index (χ3v) is 9.69. The van der Waals surface area contributed by atoms with Gasteiger partial charge in [0.15, 0.2) is 0 Å². The highest BCUT2D eigenvalue weighted by molar-refractivity contribution is 6.39. The number of nitrogens with one attached hydrogen (secondary N) is 2. The number of β-amino-alcohol motifs (C(OH)–C–C–N with tert-alkyl or cyclic N) is 1. The van der Waals surface area contributed by atoms with Gasteiger partial charge in [-0.1, -0.05) is 53.5 Å². The SMILES string of the molecule is COc1nc(-c2cccc(-c3cccc(NC(=O)c4cc(C)c5c(n4)CN(CCO)CC5)c3Cl)c2Cl)cnc1CNC1CC(C)(O)C1. The van der Waals surface area contributed by atoms with E-state index in [1.165, 1.54) is 0 Å². The number of fused-ring (bicyclic) bond motifs is 1. The first kappa shape index (κ1) is 33.3. The van der Waals surface area contributed by atoms with E-state index in [2.05, 4.69) is 25.5 Å². The molecule has 1 saturated carbocycles. The minimum atomic E-state index is -0.616. The van der Waals surface area contributed by atoms with Gasteiger partial charge in [0, 0.05) is 48.9 Å². The number of methoxy groups -OCH3 is 1.